The average Bonchev–Trinajstić information content (AvgIpc) is 2.94. The third-order valence-electron chi connectivity index (χ3n) is 3.13. The van der Waals surface area contributed by atoms with E-state index in [0.717, 1.165) is 18.4 Å². The van der Waals surface area contributed by atoms with Crippen LogP contribution in [0.2, 0.25) is 0 Å². The van der Waals surface area contributed by atoms with Crippen molar-refractivity contribution in [2.45, 2.75) is 26.2 Å². The molecule has 0 heterocycles. The van der Waals surface area contributed by atoms with Crippen LogP contribution < -0.4 is 5.32 Å². The molecule has 15 heavy (non-hydrogen) atoms. The van der Waals surface area contributed by atoms with E-state index in [-0.39, 0.29) is 0 Å². The van der Waals surface area contributed by atoms with Crippen LogP contribution in [-0.2, 0) is 0 Å². The van der Waals surface area contributed by atoms with Crippen LogP contribution in [0.1, 0.15) is 30.4 Å². The summed E-state index contributed by atoms with van der Waals surface area (Å²) in [7, 11) is 0. The Balaban J connectivity index is 2.00. The van der Waals surface area contributed by atoms with Gasteiger partial charge in [0.2, 0.25) is 0 Å². The number of rotatable bonds is 4. The van der Waals surface area contributed by atoms with Crippen LogP contribution in [-0.4, -0.2) is 13.1 Å². The Hall–Kier alpha value is -0.340. The molecule has 0 amide bonds. The second-order valence-corrected chi connectivity index (χ2v) is 5.29. The van der Waals surface area contributed by atoms with Gasteiger partial charge in [0.15, 0.2) is 0 Å². The van der Waals surface area contributed by atoms with E-state index in [1.54, 1.807) is 0 Å². The summed E-state index contributed by atoms with van der Waals surface area (Å²) in [6.07, 6.45) is 1.34. The molecular formula is C13H18BrN. The van der Waals surface area contributed by atoms with Gasteiger partial charge >= 0.3 is 0 Å². The van der Waals surface area contributed by atoms with E-state index < -0.39 is 0 Å². The predicted molar refractivity (Wildman–Crippen MR) is 68.3 cm³/mol. The average molecular weight is 268 g/mol. The molecule has 2 heteroatoms. The first-order chi connectivity index (χ1) is 7.22. The van der Waals surface area contributed by atoms with Crippen LogP contribution in [0.5, 0.6) is 0 Å². The molecule has 1 N–H and O–H groups in total. The van der Waals surface area contributed by atoms with Gasteiger partial charge in [-0.25, -0.2) is 0 Å². The Kier molecular flexibility index (Phi) is 3.47. The van der Waals surface area contributed by atoms with Gasteiger partial charge in [0.25, 0.3) is 0 Å². The smallest absolute Gasteiger partial charge is 0.0212 e. The predicted octanol–water partition coefficient (Wildman–Crippen LogP) is 3.47. The van der Waals surface area contributed by atoms with Crippen molar-refractivity contribution in [3.63, 3.8) is 0 Å². The quantitative estimate of drug-likeness (QED) is 0.881. The summed E-state index contributed by atoms with van der Waals surface area (Å²) in [6, 6.07) is 6.71. The van der Waals surface area contributed by atoms with Gasteiger partial charge in [0.1, 0.15) is 0 Å². The lowest BCUT2D eigenvalue weighted by Crippen LogP contribution is -2.16. The molecule has 0 aromatic heterocycles. The summed E-state index contributed by atoms with van der Waals surface area (Å²) in [5.41, 5.74) is 2.82. The van der Waals surface area contributed by atoms with Gasteiger partial charge in [-0.05, 0) is 55.5 Å². The summed E-state index contributed by atoms with van der Waals surface area (Å²) in [5, 5.41) is 3.43. The first kappa shape index (κ1) is 11.2. The summed E-state index contributed by atoms with van der Waals surface area (Å²) in [6.45, 7) is 6.55. The Morgan fingerprint density at radius 2 is 2.27 bits per heavy atom. The maximum Gasteiger partial charge on any atom is 0.0212 e. The Morgan fingerprint density at radius 3 is 2.93 bits per heavy atom. The molecule has 1 aliphatic carbocycles. The van der Waals surface area contributed by atoms with Crippen molar-refractivity contribution in [3.05, 3.63) is 33.8 Å². The number of halogens is 1. The highest BCUT2D eigenvalue weighted by Gasteiger charge is 2.38. The molecule has 0 aliphatic heterocycles. The minimum atomic E-state index is 0.777. The third-order valence-corrected chi connectivity index (χ3v) is 3.82. The highest BCUT2D eigenvalue weighted by molar-refractivity contribution is 9.10. The zero-order valence-electron chi connectivity index (χ0n) is 9.39. The second kappa shape index (κ2) is 4.67. The fourth-order valence-corrected chi connectivity index (χ4v) is 2.90. The van der Waals surface area contributed by atoms with Crippen molar-refractivity contribution in [2.75, 3.05) is 13.1 Å². The van der Waals surface area contributed by atoms with Gasteiger partial charge in [-0.2, -0.15) is 0 Å². The number of hydrogen-bond donors (Lipinski definition) is 1. The zero-order valence-corrected chi connectivity index (χ0v) is 11.0. The molecule has 1 aromatic rings. The molecule has 2 rings (SSSR count). The van der Waals surface area contributed by atoms with Crippen LogP contribution in [0.15, 0.2) is 22.7 Å². The molecule has 82 valence electrons. The standard InChI is InChI=1S/C13H18BrN/c1-3-15-8-10-7-12(10)11-5-4-9(2)6-13(11)14/h4-6,10,12,15H,3,7-8H2,1-2H3. The van der Waals surface area contributed by atoms with E-state index in [9.17, 15) is 0 Å². The van der Waals surface area contributed by atoms with E-state index in [2.05, 4.69) is 53.3 Å². The molecule has 0 saturated heterocycles. The fraction of sp³-hybridized carbons (Fsp3) is 0.538. The maximum atomic E-state index is 3.66. The van der Waals surface area contributed by atoms with Crippen LogP contribution in [0, 0.1) is 12.8 Å². The summed E-state index contributed by atoms with van der Waals surface area (Å²) in [4.78, 5) is 0. The van der Waals surface area contributed by atoms with Crippen LogP contribution >= 0.6 is 15.9 Å². The van der Waals surface area contributed by atoms with Gasteiger partial charge in [0.05, 0.1) is 0 Å². The number of hydrogen-bond acceptors (Lipinski definition) is 1. The van der Waals surface area contributed by atoms with Gasteiger partial charge in [-0.1, -0.05) is 35.0 Å². The third kappa shape index (κ3) is 2.61. The lowest BCUT2D eigenvalue weighted by atomic mass is 10.1. The summed E-state index contributed by atoms with van der Waals surface area (Å²) >= 11 is 3.66. The van der Waals surface area contributed by atoms with Gasteiger partial charge in [-0.15, -0.1) is 0 Å². The second-order valence-electron chi connectivity index (χ2n) is 4.43. The minimum absolute atomic E-state index is 0.777. The van der Waals surface area contributed by atoms with Crippen molar-refractivity contribution in [3.8, 4) is 0 Å². The van der Waals surface area contributed by atoms with Crippen molar-refractivity contribution in [1.82, 2.24) is 5.32 Å². The number of benzene rings is 1. The Labute approximate surface area is 100 Å². The normalized spacial score (nSPS) is 24.2. The summed E-state index contributed by atoms with van der Waals surface area (Å²) in [5.74, 6) is 1.63. The van der Waals surface area contributed by atoms with Gasteiger partial charge < -0.3 is 5.32 Å². The van der Waals surface area contributed by atoms with E-state index in [0.29, 0.717) is 0 Å². The monoisotopic (exact) mass is 267 g/mol. The first-order valence-electron chi connectivity index (χ1n) is 5.69. The van der Waals surface area contributed by atoms with Crippen molar-refractivity contribution >= 4 is 15.9 Å². The van der Waals surface area contributed by atoms with Crippen LogP contribution in [0.4, 0.5) is 0 Å². The van der Waals surface area contributed by atoms with Crippen molar-refractivity contribution in [1.29, 1.82) is 0 Å². The molecule has 1 saturated carbocycles. The number of aryl methyl sites for hydroxylation is 1. The van der Waals surface area contributed by atoms with Crippen molar-refractivity contribution < 1.29 is 0 Å². The Bertz CT molecular complexity index is 348. The van der Waals surface area contributed by atoms with Crippen LogP contribution in [0.25, 0.3) is 0 Å². The van der Waals surface area contributed by atoms with Gasteiger partial charge in [0, 0.05) is 4.47 Å². The van der Waals surface area contributed by atoms with E-state index in [1.807, 2.05) is 0 Å². The van der Waals surface area contributed by atoms with Crippen LogP contribution in [0.3, 0.4) is 0 Å². The maximum absolute atomic E-state index is 3.66. The summed E-state index contributed by atoms with van der Waals surface area (Å²) < 4.78 is 1.28. The zero-order chi connectivity index (χ0) is 10.8. The largest absolute Gasteiger partial charge is 0.317 e. The highest BCUT2D eigenvalue weighted by Crippen LogP contribution is 2.49. The fourth-order valence-electron chi connectivity index (χ4n) is 2.12. The van der Waals surface area contributed by atoms with E-state index in [4.69, 9.17) is 0 Å². The lowest BCUT2D eigenvalue weighted by Gasteiger charge is -2.05. The number of nitrogens with one attached hydrogen (secondary N) is 1. The molecule has 1 aliphatic rings. The van der Waals surface area contributed by atoms with E-state index >= 15 is 0 Å². The lowest BCUT2D eigenvalue weighted by molar-refractivity contribution is 0.649. The molecule has 2 unspecified atom stereocenters. The molecule has 0 bridgehead atoms. The molecular weight excluding hydrogens is 250 g/mol. The molecule has 0 radical (unpaired) electrons. The molecule has 1 nitrogen and oxygen atoms in total. The molecule has 1 aromatic carbocycles. The molecule has 0 spiro atoms. The minimum Gasteiger partial charge on any atom is -0.317 e. The first-order valence-corrected chi connectivity index (χ1v) is 6.48. The van der Waals surface area contributed by atoms with E-state index in [1.165, 1.54) is 28.6 Å². The highest BCUT2D eigenvalue weighted by atomic mass is 79.9. The SMILES string of the molecule is CCNCC1CC1c1ccc(C)cc1Br. The molecule has 2 atom stereocenters. The molecule has 1 fully saturated rings. The van der Waals surface area contributed by atoms with Crippen molar-refractivity contribution in [2.24, 2.45) is 5.92 Å². The Morgan fingerprint density at radius 1 is 1.47 bits per heavy atom. The van der Waals surface area contributed by atoms with Gasteiger partial charge in [-0.3, -0.25) is 0 Å². The topological polar surface area (TPSA) is 12.0 Å².